The molecule has 0 spiro atoms. The van der Waals surface area contributed by atoms with Gasteiger partial charge in [-0.15, -0.1) is 0 Å². The second-order valence-electron chi connectivity index (χ2n) is 6.12. The van der Waals surface area contributed by atoms with Gasteiger partial charge in [-0.25, -0.2) is 14.0 Å². The largest absolute Gasteiger partial charge is 0.469 e. The zero-order chi connectivity index (χ0) is 22.7. The monoisotopic (exact) mass is 442 g/mol. The van der Waals surface area contributed by atoms with Crippen LogP contribution in [0.4, 0.5) is 35.1 Å². The SMILES string of the molecule is CCCCCCCCOC(=O)C=CC(=O)OC(F)(F)C(F)(F)C(F)CC(F)(F)F. The summed E-state index contributed by atoms with van der Waals surface area (Å²) in [6.07, 6.45) is -12.9. The van der Waals surface area contributed by atoms with Crippen LogP contribution in [0, 0.1) is 0 Å². The van der Waals surface area contributed by atoms with Gasteiger partial charge in [-0.3, -0.25) is 0 Å². The van der Waals surface area contributed by atoms with Gasteiger partial charge in [-0.2, -0.15) is 30.7 Å². The van der Waals surface area contributed by atoms with Crippen LogP contribution in [0.2, 0.25) is 0 Å². The van der Waals surface area contributed by atoms with Crippen LogP contribution in [-0.2, 0) is 19.1 Å². The number of esters is 2. The molecule has 0 N–H and O–H groups in total. The molecule has 0 amide bonds. The third-order valence-corrected chi connectivity index (χ3v) is 3.52. The molecule has 0 saturated carbocycles. The number of halogens is 8. The first-order valence-electron chi connectivity index (χ1n) is 8.77. The zero-order valence-electron chi connectivity index (χ0n) is 15.5. The number of ether oxygens (including phenoxy) is 2. The number of hydrogen-bond donors (Lipinski definition) is 0. The molecule has 0 aliphatic carbocycles. The molecule has 4 nitrogen and oxygen atoms in total. The summed E-state index contributed by atoms with van der Waals surface area (Å²) < 4.78 is 109. The second-order valence-corrected chi connectivity index (χ2v) is 6.12. The first-order chi connectivity index (χ1) is 13.2. The van der Waals surface area contributed by atoms with E-state index in [1.54, 1.807) is 0 Å². The van der Waals surface area contributed by atoms with Crippen molar-refractivity contribution in [3.05, 3.63) is 12.2 Å². The molecule has 0 aliphatic heterocycles. The van der Waals surface area contributed by atoms with Crippen LogP contribution in [0.1, 0.15) is 51.9 Å². The van der Waals surface area contributed by atoms with E-state index in [1.165, 1.54) is 0 Å². The van der Waals surface area contributed by atoms with E-state index in [-0.39, 0.29) is 12.7 Å². The highest BCUT2D eigenvalue weighted by Gasteiger charge is 2.66. The Morgan fingerprint density at radius 2 is 1.38 bits per heavy atom. The molecular formula is C17H22F8O4. The Balaban J connectivity index is 4.49. The minimum atomic E-state index is -5.94. The van der Waals surface area contributed by atoms with Crippen LogP contribution >= 0.6 is 0 Å². The molecule has 0 fully saturated rings. The van der Waals surface area contributed by atoms with Gasteiger partial charge >= 0.3 is 30.1 Å². The number of hydrogen-bond acceptors (Lipinski definition) is 4. The van der Waals surface area contributed by atoms with Gasteiger partial charge in [0.05, 0.1) is 13.0 Å². The van der Waals surface area contributed by atoms with Gasteiger partial charge < -0.3 is 9.47 Å². The summed E-state index contributed by atoms with van der Waals surface area (Å²) in [6, 6.07) is 0. The fourth-order valence-corrected chi connectivity index (χ4v) is 1.98. The molecule has 29 heavy (non-hydrogen) atoms. The fourth-order valence-electron chi connectivity index (χ4n) is 1.98. The van der Waals surface area contributed by atoms with E-state index in [9.17, 15) is 44.7 Å². The first-order valence-corrected chi connectivity index (χ1v) is 8.77. The third-order valence-electron chi connectivity index (χ3n) is 3.52. The van der Waals surface area contributed by atoms with Crippen molar-refractivity contribution in [2.24, 2.45) is 0 Å². The predicted molar refractivity (Wildman–Crippen MR) is 85.0 cm³/mol. The molecule has 0 saturated heterocycles. The van der Waals surface area contributed by atoms with Crippen molar-refractivity contribution in [1.29, 1.82) is 0 Å². The normalized spacial score (nSPS) is 14.1. The lowest BCUT2D eigenvalue weighted by atomic mass is 10.1. The van der Waals surface area contributed by atoms with Crippen molar-refractivity contribution in [3.8, 4) is 0 Å². The van der Waals surface area contributed by atoms with Gasteiger partial charge in [0.1, 0.15) is 0 Å². The van der Waals surface area contributed by atoms with E-state index in [1.807, 2.05) is 6.92 Å². The second kappa shape index (κ2) is 12.0. The molecule has 1 unspecified atom stereocenters. The van der Waals surface area contributed by atoms with Crippen molar-refractivity contribution >= 4 is 11.9 Å². The van der Waals surface area contributed by atoms with Crippen LogP contribution in [-0.4, -0.2) is 42.9 Å². The Hall–Kier alpha value is -1.88. The summed E-state index contributed by atoms with van der Waals surface area (Å²) in [5, 5.41) is 0. The van der Waals surface area contributed by atoms with Crippen molar-refractivity contribution in [2.45, 2.75) is 76.2 Å². The topological polar surface area (TPSA) is 52.6 Å². The molecular weight excluding hydrogens is 420 g/mol. The predicted octanol–water partition coefficient (Wildman–Crippen LogP) is 5.51. The maximum absolute atomic E-state index is 13.2. The van der Waals surface area contributed by atoms with E-state index in [4.69, 9.17) is 0 Å². The third kappa shape index (κ3) is 11.0. The van der Waals surface area contributed by atoms with E-state index < -0.39 is 42.7 Å². The highest BCUT2D eigenvalue weighted by molar-refractivity contribution is 5.91. The van der Waals surface area contributed by atoms with Gasteiger partial charge in [0.15, 0.2) is 6.17 Å². The van der Waals surface area contributed by atoms with Crippen molar-refractivity contribution in [1.82, 2.24) is 0 Å². The Morgan fingerprint density at radius 1 is 0.862 bits per heavy atom. The average Bonchev–Trinajstić information content (AvgIpc) is 2.57. The van der Waals surface area contributed by atoms with Gasteiger partial charge in [-0.05, 0) is 6.42 Å². The summed E-state index contributed by atoms with van der Waals surface area (Å²) in [4.78, 5) is 22.4. The van der Waals surface area contributed by atoms with Gasteiger partial charge in [0, 0.05) is 12.2 Å². The maximum Gasteiger partial charge on any atom is 0.469 e. The molecule has 0 radical (unpaired) electrons. The lowest BCUT2D eigenvalue weighted by Gasteiger charge is -2.28. The van der Waals surface area contributed by atoms with E-state index in [0.717, 1.165) is 32.1 Å². The van der Waals surface area contributed by atoms with Gasteiger partial charge in [0.2, 0.25) is 0 Å². The van der Waals surface area contributed by atoms with Crippen LogP contribution in [0.15, 0.2) is 12.2 Å². The minimum Gasteiger partial charge on any atom is -0.463 e. The molecule has 0 aliphatic rings. The number of unbranched alkanes of at least 4 members (excludes halogenated alkanes) is 5. The van der Waals surface area contributed by atoms with Crippen LogP contribution < -0.4 is 0 Å². The Kier molecular flexibility index (Phi) is 11.2. The molecule has 0 rings (SSSR count). The standard InChI is InChI=1S/C17H22F8O4/c1-2-3-4-5-6-7-10-28-13(26)8-9-14(27)29-17(24,25)16(22,23)12(18)11-15(19,20)21/h8-9,12H,2-7,10-11H2,1H3. The Labute approximate surface area is 162 Å². The smallest absolute Gasteiger partial charge is 0.463 e. The van der Waals surface area contributed by atoms with Crippen LogP contribution in [0.25, 0.3) is 0 Å². The lowest BCUT2D eigenvalue weighted by molar-refractivity contribution is -0.349. The number of carbonyl (C=O) groups excluding carboxylic acids is 2. The van der Waals surface area contributed by atoms with E-state index >= 15 is 0 Å². The Bertz CT molecular complexity index is 546. The lowest BCUT2D eigenvalue weighted by Crippen LogP contribution is -2.51. The quantitative estimate of drug-likeness (QED) is 0.163. The molecule has 12 heteroatoms. The van der Waals surface area contributed by atoms with E-state index in [2.05, 4.69) is 9.47 Å². The van der Waals surface area contributed by atoms with Crippen molar-refractivity contribution in [2.75, 3.05) is 6.61 Å². The van der Waals surface area contributed by atoms with Gasteiger partial charge in [-0.1, -0.05) is 39.0 Å². The van der Waals surface area contributed by atoms with E-state index in [0.29, 0.717) is 12.5 Å². The highest BCUT2D eigenvalue weighted by atomic mass is 19.4. The average molecular weight is 442 g/mol. The summed E-state index contributed by atoms with van der Waals surface area (Å²) in [5.74, 6) is -9.28. The molecule has 1 atom stereocenters. The molecule has 170 valence electrons. The van der Waals surface area contributed by atoms with Crippen molar-refractivity contribution in [3.63, 3.8) is 0 Å². The van der Waals surface area contributed by atoms with Crippen LogP contribution in [0.5, 0.6) is 0 Å². The summed E-state index contributed by atoms with van der Waals surface area (Å²) in [7, 11) is 0. The summed E-state index contributed by atoms with van der Waals surface area (Å²) >= 11 is 0. The highest BCUT2D eigenvalue weighted by Crippen LogP contribution is 2.43. The number of rotatable bonds is 13. The first kappa shape index (κ1) is 27.1. The molecule has 0 aromatic heterocycles. The zero-order valence-corrected chi connectivity index (χ0v) is 15.5. The maximum atomic E-state index is 13.2. The van der Waals surface area contributed by atoms with Crippen LogP contribution in [0.3, 0.4) is 0 Å². The molecule has 0 aromatic rings. The molecule has 0 bridgehead atoms. The summed E-state index contributed by atoms with van der Waals surface area (Å²) in [6.45, 7) is 2.01. The van der Waals surface area contributed by atoms with Crippen molar-refractivity contribution < 1.29 is 54.2 Å². The summed E-state index contributed by atoms with van der Waals surface area (Å²) in [5.41, 5.74) is 0. The number of alkyl halides is 8. The molecule has 0 heterocycles. The fraction of sp³-hybridized carbons (Fsp3) is 0.765. The molecule has 0 aromatic carbocycles. The Morgan fingerprint density at radius 3 is 1.93 bits per heavy atom. The minimum absolute atomic E-state index is 0.0184. The van der Waals surface area contributed by atoms with Gasteiger partial charge in [0.25, 0.3) is 0 Å². The number of carbonyl (C=O) groups is 2.